The maximum Gasteiger partial charge on any atom is 0.410 e. The highest BCUT2D eigenvalue weighted by Crippen LogP contribution is 2.23. The van der Waals surface area contributed by atoms with Crippen molar-refractivity contribution in [2.24, 2.45) is 17.8 Å². The van der Waals surface area contributed by atoms with E-state index < -0.39 is 30.2 Å². The van der Waals surface area contributed by atoms with Gasteiger partial charge >= 0.3 is 18.0 Å². The molecular weight excluding hydrogens is 326 g/mol. The maximum atomic E-state index is 11.6. The highest BCUT2D eigenvalue weighted by Gasteiger charge is 2.23. The number of ether oxygens (including phenoxy) is 2. The van der Waals surface area contributed by atoms with Crippen molar-refractivity contribution in [2.45, 2.75) is 73.0 Å². The first-order valence-electron chi connectivity index (χ1n) is 9.00. The van der Waals surface area contributed by atoms with Crippen molar-refractivity contribution < 1.29 is 29.0 Å². The van der Waals surface area contributed by atoms with Gasteiger partial charge in [-0.15, -0.1) is 0 Å². The van der Waals surface area contributed by atoms with Gasteiger partial charge in [0.15, 0.2) is 0 Å². The van der Waals surface area contributed by atoms with E-state index in [2.05, 4.69) is 30.8 Å². The van der Waals surface area contributed by atoms with Crippen LogP contribution in [0.1, 0.15) is 66.7 Å². The zero-order chi connectivity index (χ0) is 19.4. The Morgan fingerprint density at radius 3 is 2.20 bits per heavy atom. The number of nitrogens with one attached hydrogen (secondary N) is 1. The number of carboxylic acids is 1. The molecule has 0 aromatic rings. The summed E-state index contributed by atoms with van der Waals surface area (Å²) in [7, 11) is 0. The molecule has 0 heterocycles. The van der Waals surface area contributed by atoms with Gasteiger partial charge in [0, 0.05) is 20.4 Å². The van der Waals surface area contributed by atoms with Crippen LogP contribution in [0.3, 0.4) is 0 Å². The van der Waals surface area contributed by atoms with Crippen LogP contribution in [0, 0.1) is 17.8 Å². The van der Waals surface area contributed by atoms with E-state index >= 15 is 0 Å². The Morgan fingerprint density at radius 2 is 1.72 bits per heavy atom. The van der Waals surface area contributed by atoms with Gasteiger partial charge in [-0.3, -0.25) is 9.59 Å². The van der Waals surface area contributed by atoms with E-state index in [0.717, 1.165) is 25.7 Å². The van der Waals surface area contributed by atoms with Gasteiger partial charge < -0.3 is 19.9 Å². The average Bonchev–Trinajstić information content (AvgIpc) is 2.47. The Kier molecular flexibility index (Phi) is 11.7. The summed E-state index contributed by atoms with van der Waals surface area (Å²) in [6.45, 7) is 9.02. The first-order chi connectivity index (χ1) is 11.6. The highest BCUT2D eigenvalue weighted by molar-refractivity contribution is 5.72. The Hall–Kier alpha value is -1.79. The summed E-state index contributed by atoms with van der Waals surface area (Å²) in [5, 5.41) is 11.8. The van der Waals surface area contributed by atoms with Crippen molar-refractivity contribution in [3.8, 4) is 0 Å². The lowest BCUT2D eigenvalue weighted by Gasteiger charge is -2.21. The number of rotatable bonds is 12. The number of carboxylic acid groups (broad SMARTS) is 1. The van der Waals surface area contributed by atoms with Crippen molar-refractivity contribution in [1.29, 1.82) is 0 Å². The molecule has 7 nitrogen and oxygen atoms in total. The fourth-order valence-corrected chi connectivity index (χ4v) is 2.63. The second-order valence-electron chi connectivity index (χ2n) is 6.83. The van der Waals surface area contributed by atoms with E-state index in [0.29, 0.717) is 18.3 Å². The van der Waals surface area contributed by atoms with Crippen molar-refractivity contribution in [3.63, 3.8) is 0 Å². The molecule has 0 aliphatic rings. The van der Waals surface area contributed by atoms with Gasteiger partial charge in [0.1, 0.15) is 0 Å². The molecule has 1 amide bonds. The largest absolute Gasteiger partial charge is 0.481 e. The lowest BCUT2D eigenvalue weighted by atomic mass is 9.87. The highest BCUT2D eigenvalue weighted by atomic mass is 16.7. The smallest absolute Gasteiger partial charge is 0.410 e. The van der Waals surface area contributed by atoms with Crippen molar-refractivity contribution >= 4 is 18.0 Å². The van der Waals surface area contributed by atoms with Gasteiger partial charge in [-0.05, 0) is 18.3 Å². The second-order valence-corrected chi connectivity index (χ2v) is 6.83. The lowest BCUT2D eigenvalue weighted by Crippen LogP contribution is -2.36. The summed E-state index contributed by atoms with van der Waals surface area (Å²) >= 11 is 0. The standard InChI is InChI=1S/C18H33NO6/c1-6-15(9-7-8-12(2)3)10-16(17(21)22)11-19-18(23)25-14(5)24-13(4)20/h12,14-16H,6-11H2,1-5H3,(H,19,23)(H,21,22)/t14-,15+,16+/m1/s1. The molecular formula is C18H33NO6. The van der Waals surface area contributed by atoms with Crippen molar-refractivity contribution in [2.75, 3.05) is 6.54 Å². The predicted octanol–water partition coefficient (Wildman–Crippen LogP) is 3.57. The molecule has 0 aliphatic carbocycles. The fourth-order valence-electron chi connectivity index (χ4n) is 2.63. The summed E-state index contributed by atoms with van der Waals surface area (Å²) in [5.74, 6) is -1.20. The number of carbonyl (C=O) groups is 3. The molecule has 0 aliphatic heterocycles. The SMILES string of the molecule is CC[C@@H](CCCC(C)C)C[C@@H](CNC(=O)O[C@H](C)OC(C)=O)C(=O)O. The number of hydrogen-bond donors (Lipinski definition) is 2. The lowest BCUT2D eigenvalue weighted by molar-refractivity contribution is -0.162. The number of carbonyl (C=O) groups excluding carboxylic acids is 2. The summed E-state index contributed by atoms with van der Waals surface area (Å²) in [6.07, 6.45) is 2.82. The minimum Gasteiger partial charge on any atom is -0.481 e. The molecule has 3 atom stereocenters. The molecule has 0 aromatic carbocycles. The van der Waals surface area contributed by atoms with E-state index in [1.54, 1.807) is 0 Å². The van der Waals surface area contributed by atoms with Gasteiger partial charge in [-0.1, -0.05) is 46.5 Å². The minimum atomic E-state index is -1.01. The minimum absolute atomic E-state index is 0.0123. The van der Waals surface area contributed by atoms with Gasteiger partial charge in [-0.2, -0.15) is 0 Å². The first-order valence-corrected chi connectivity index (χ1v) is 9.00. The zero-order valence-electron chi connectivity index (χ0n) is 16.0. The molecule has 0 spiro atoms. The molecule has 2 N–H and O–H groups in total. The van der Waals surface area contributed by atoms with E-state index in [1.807, 2.05) is 0 Å². The van der Waals surface area contributed by atoms with Crippen LogP contribution in [0.4, 0.5) is 4.79 Å². The number of hydrogen-bond acceptors (Lipinski definition) is 5. The van der Waals surface area contributed by atoms with Crippen LogP contribution in [0.25, 0.3) is 0 Å². The molecule has 0 rings (SSSR count). The van der Waals surface area contributed by atoms with Gasteiger partial charge in [-0.25, -0.2) is 4.79 Å². The zero-order valence-corrected chi connectivity index (χ0v) is 16.0. The average molecular weight is 359 g/mol. The van der Waals surface area contributed by atoms with Crippen LogP contribution in [0.5, 0.6) is 0 Å². The number of esters is 1. The summed E-state index contributed by atoms with van der Waals surface area (Å²) < 4.78 is 9.51. The van der Waals surface area contributed by atoms with E-state index in [-0.39, 0.29) is 6.54 Å². The predicted molar refractivity (Wildman–Crippen MR) is 93.9 cm³/mol. The number of amides is 1. The molecule has 0 saturated carbocycles. The number of aliphatic carboxylic acids is 1. The molecule has 0 fully saturated rings. The third kappa shape index (κ3) is 12.3. The summed E-state index contributed by atoms with van der Waals surface area (Å²) in [6, 6.07) is 0. The van der Waals surface area contributed by atoms with Crippen molar-refractivity contribution in [1.82, 2.24) is 5.32 Å². The molecule has 7 heteroatoms. The quantitative estimate of drug-likeness (QED) is 0.408. The maximum absolute atomic E-state index is 11.6. The summed E-state index contributed by atoms with van der Waals surface area (Å²) in [4.78, 5) is 33.9. The third-order valence-electron chi connectivity index (χ3n) is 4.04. The molecule has 0 unspecified atom stereocenters. The number of alkyl carbamates (subject to hydrolysis) is 1. The molecule has 0 saturated heterocycles. The monoisotopic (exact) mass is 359 g/mol. The first kappa shape index (κ1) is 23.2. The van der Waals surface area contributed by atoms with Crippen molar-refractivity contribution in [3.05, 3.63) is 0 Å². The Balaban J connectivity index is 4.37. The summed E-state index contributed by atoms with van der Waals surface area (Å²) in [5.41, 5.74) is 0. The van der Waals surface area contributed by atoms with Crippen LogP contribution >= 0.6 is 0 Å². The molecule has 0 aromatic heterocycles. The van der Waals surface area contributed by atoms with Crippen LogP contribution < -0.4 is 5.32 Å². The Labute approximate surface area is 150 Å². The van der Waals surface area contributed by atoms with E-state index in [9.17, 15) is 19.5 Å². The van der Waals surface area contributed by atoms with Gasteiger partial charge in [0.25, 0.3) is 0 Å². The van der Waals surface area contributed by atoms with Crippen LogP contribution in [-0.4, -0.2) is 36.0 Å². The van der Waals surface area contributed by atoms with Gasteiger partial charge in [0.05, 0.1) is 5.92 Å². The second kappa shape index (κ2) is 12.6. The van der Waals surface area contributed by atoms with E-state index in [4.69, 9.17) is 4.74 Å². The van der Waals surface area contributed by atoms with E-state index in [1.165, 1.54) is 13.8 Å². The van der Waals surface area contributed by atoms with Crippen LogP contribution in [-0.2, 0) is 19.1 Å². The van der Waals surface area contributed by atoms with Crippen LogP contribution in [0.15, 0.2) is 0 Å². The Bertz CT molecular complexity index is 424. The topological polar surface area (TPSA) is 102 Å². The molecule has 25 heavy (non-hydrogen) atoms. The molecule has 0 radical (unpaired) electrons. The van der Waals surface area contributed by atoms with Crippen LogP contribution in [0.2, 0.25) is 0 Å². The Morgan fingerprint density at radius 1 is 1.08 bits per heavy atom. The fraction of sp³-hybridized carbons (Fsp3) is 0.833. The third-order valence-corrected chi connectivity index (χ3v) is 4.04. The normalized spacial score (nSPS) is 14.5. The molecule has 146 valence electrons. The molecule has 0 bridgehead atoms. The van der Waals surface area contributed by atoms with Gasteiger partial charge in [0.2, 0.25) is 6.29 Å².